The summed E-state index contributed by atoms with van der Waals surface area (Å²) in [7, 11) is 0. The van der Waals surface area contributed by atoms with Crippen LogP contribution in [0.2, 0.25) is 0 Å². The van der Waals surface area contributed by atoms with Crippen molar-refractivity contribution >= 4 is 23.0 Å². The SMILES string of the molecule is NC(=O)c1ccc(N(CC2CCN(CC3CC3)CC2)c2ccccc2N)cc1. The molecule has 5 heteroatoms. The minimum Gasteiger partial charge on any atom is -0.397 e. The fraction of sp³-hybridized carbons (Fsp3) is 0.435. The maximum Gasteiger partial charge on any atom is 0.248 e. The maximum atomic E-state index is 11.4. The highest BCUT2D eigenvalue weighted by Gasteiger charge is 2.28. The Morgan fingerprint density at radius 1 is 0.964 bits per heavy atom. The number of anilines is 3. The Labute approximate surface area is 167 Å². The van der Waals surface area contributed by atoms with E-state index in [9.17, 15) is 4.79 Å². The van der Waals surface area contributed by atoms with Gasteiger partial charge < -0.3 is 21.3 Å². The number of carbonyl (C=O) groups excluding carboxylic acids is 1. The van der Waals surface area contributed by atoms with Crippen LogP contribution in [0, 0.1) is 11.8 Å². The van der Waals surface area contributed by atoms with Crippen molar-refractivity contribution in [1.29, 1.82) is 0 Å². The highest BCUT2D eigenvalue weighted by atomic mass is 16.1. The summed E-state index contributed by atoms with van der Waals surface area (Å²) in [6.07, 6.45) is 5.27. The average molecular weight is 379 g/mol. The molecule has 1 aliphatic heterocycles. The van der Waals surface area contributed by atoms with Gasteiger partial charge in [-0.1, -0.05) is 12.1 Å². The molecule has 1 amide bonds. The Morgan fingerprint density at radius 3 is 2.25 bits per heavy atom. The Kier molecular flexibility index (Phi) is 5.53. The molecule has 2 aliphatic rings. The van der Waals surface area contributed by atoms with E-state index in [4.69, 9.17) is 11.5 Å². The number of carbonyl (C=O) groups is 1. The average Bonchev–Trinajstić information content (AvgIpc) is 3.52. The molecule has 1 heterocycles. The first kappa shape index (κ1) is 18.8. The van der Waals surface area contributed by atoms with Gasteiger partial charge in [0.2, 0.25) is 5.91 Å². The third kappa shape index (κ3) is 4.47. The molecule has 4 rings (SSSR count). The van der Waals surface area contributed by atoms with Crippen molar-refractivity contribution < 1.29 is 4.79 Å². The molecule has 1 aliphatic carbocycles. The van der Waals surface area contributed by atoms with Crippen LogP contribution in [0.3, 0.4) is 0 Å². The molecule has 1 saturated heterocycles. The van der Waals surface area contributed by atoms with E-state index in [0.717, 1.165) is 29.5 Å². The third-order valence-electron chi connectivity index (χ3n) is 6.05. The Hall–Kier alpha value is -2.53. The zero-order valence-electron chi connectivity index (χ0n) is 16.4. The summed E-state index contributed by atoms with van der Waals surface area (Å²) < 4.78 is 0. The fourth-order valence-corrected chi connectivity index (χ4v) is 4.16. The summed E-state index contributed by atoms with van der Waals surface area (Å²) in [6, 6.07) is 15.5. The van der Waals surface area contributed by atoms with Gasteiger partial charge >= 0.3 is 0 Å². The first-order valence-electron chi connectivity index (χ1n) is 10.3. The highest BCUT2D eigenvalue weighted by molar-refractivity contribution is 5.93. The van der Waals surface area contributed by atoms with Gasteiger partial charge in [0.25, 0.3) is 0 Å². The van der Waals surface area contributed by atoms with Gasteiger partial charge in [0.05, 0.1) is 11.4 Å². The van der Waals surface area contributed by atoms with E-state index < -0.39 is 5.91 Å². The van der Waals surface area contributed by atoms with Crippen molar-refractivity contribution in [3.8, 4) is 0 Å². The molecular weight excluding hydrogens is 348 g/mol. The lowest BCUT2D eigenvalue weighted by molar-refractivity contribution is 0.100. The second-order valence-electron chi connectivity index (χ2n) is 8.27. The summed E-state index contributed by atoms with van der Waals surface area (Å²) in [4.78, 5) is 16.3. The molecule has 5 nitrogen and oxygen atoms in total. The second kappa shape index (κ2) is 8.23. The van der Waals surface area contributed by atoms with Crippen LogP contribution < -0.4 is 16.4 Å². The van der Waals surface area contributed by atoms with Gasteiger partial charge in [-0.25, -0.2) is 0 Å². The van der Waals surface area contributed by atoms with Crippen molar-refractivity contribution in [3.05, 3.63) is 54.1 Å². The van der Waals surface area contributed by atoms with E-state index >= 15 is 0 Å². The summed E-state index contributed by atoms with van der Waals surface area (Å²) in [5, 5.41) is 0. The number of primary amides is 1. The zero-order chi connectivity index (χ0) is 19.5. The zero-order valence-corrected chi connectivity index (χ0v) is 16.4. The minimum atomic E-state index is -0.402. The first-order chi connectivity index (χ1) is 13.6. The fourth-order valence-electron chi connectivity index (χ4n) is 4.16. The summed E-state index contributed by atoms with van der Waals surface area (Å²) in [6.45, 7) is 4.61. The molecule has 148 valence electrons. The quantitative estimate of drug-likeness (QED) is 0.722. The molecule has 1 saturated carbocycles. The van der Waals surface area contributed by atoms with E-state index in [1.165, 1.54) is 45.3 Å². The largest absolute Gasteiger partial charge is 0.397 e. The van der Waals surface area contributed by atoms with Crippen LogP contribution in [-0.2, 0) is 0 Å². The normalized spacial score (nSPS) is 18.1. The molecule has 0 aromatic heterocycles. The number of piperidine rings is 1. The number of nitrogen functional groups attached to an aromatic ring is 1. The first-order valence-corrected chi connectivity index (χ1v) is 10.3. The van der Waals surface area contributed by atoms with Crippen LogP contribution in [0.1, 0.15) is 36.0 Å². The van der Waals surface area contributed by atoms with E-state index in [1.54, 1.807) is 12.1 Å². The minimum absolute atomic E-state index is 0.402. The van der Waals surface area contributed by atoms with Gasteiger partial charge in [0.1, 0.15) is 0 Å². The molecule has 4 N–H and O–H groups in total. The number of hydrogen-bond acceptors (Lipinski definition) is 4. The Morgan fingerprint density at radius 2 is 1.64 bits per heavy atom. The maximum absolute atomic E-state index is 11.4. The van der Waals surface area contributed by atoms with Crippen molar-refractivity contribution in [3.63, 3.8) is 0 Å². The van der Waals surface area contributed by atoms with E-state index in [2.05, 4.69) is 15.9 Å². The standard InChI is InChI=1S/C23H30N4O/c24-21-3-1-2-4-22(21)27(20-9-7-19(8-10-20)23(25)28)16-18-11-13-26(14-12-18)15-17-5-6-17/h1-4,7-10,17-18H,5-6,11-16,24H2,(H2,25,28). The molecule has 2 aromatic carbocycles. The molecule has 0 radical (unpaired) electrons. The topological polar surface area (TPSA) is 75.6 Å². The monoisotopic (exact) mass is 378 g/mol. The number of likely N-dealkylation sites (tertiary alicyclic amines) is 1. The number of para-hydroxylation sites is 2. The number of rotatable bonds is 7. The molecule has 0 atom stereocenters. The second-order valence-corrected chi connectivity index (χ2v) is 8.27. The van der Waals surface area contributed by atoms with Crippen LogP contribution in [0.15, 0.2) is 48.5 Å². The van der Waals surface area contributed by atoms with Crippen LogP contribution >= 0.6 is 0 Å². The molecule has 0 spiro atoms. The van der Waals surface area contributed by atoms with Gasteiger partial charge in [-0.05, 0) is 87.0 Å². The summed E-state index contributed by atoms with van der Waals surface area (Å²) >= 11 is 0. The highest BCUT2D eigenvalue weighted by Crippen LogP contribution is 2.34. The van der Waals surface area contributed by atoms with E-state index in [1.807, 2.05) is 30.3 Å². The summed E-state index contributed by atoms with van der Waals surface area (Å²) in [5.74, 6) is 1.19. The van der Waals surface area contributed by atoms with E-state index in [-0.39, 0.29) is 0 Å². The van der Waals surface area contributed by atoms with Crippen LogP contribution in [0.25, 0.3) is 0 Å². The number of nitrogens with two attached hydrogens (primary N) is 2. The Balaban J connectivity index is 1.50. The predicted molar refractivity (Wildman–Crippen MR) is 115 cm³/mol. The Bertz CT molecular complexity index is 808. The number of nitrogens with zero attached hydrogens (tertiary/aromatic N) is 2. The third-order valence-corrected chi connectivity index (χ3v) is 6.05. The number of amides is 1. The smallest absolute Gasteiger partial charge is 0.248 e. The van der Waals surface area contributed by atoms with E-state index in [0.29, 0.717) is 11.5 Å². The molecule has 2 aromatic rings. The van der Waals surface area contributed by atoms with Gasteiger partial charge in [-0.3, -0.25) is 4.79 Å². The molecule has 28 heavy (non-hydrogen) atoms. The molecule has 0 bridgehead atoms. The lowest BCUT2D eigenvalue weighted by Gasteiger charge is -2.36. The number of benzene rings is 2. The molecule has 2 fully saturated rings. The molecule has 0 unspecified atom stereocenters. The van der Waals surface area contributed by atoms with Crippen LogP contribution in [0.4, 0.5) is 17.1 Å². The predicted octanol–water partition coefficient (Wildman–Crippen LogP) is 3.63. The number of hydrogen-bond donors (Lipinski definition) is 2. The van der Waals surface area contributed by atoms with Gasteiger partial charge in [-0.2, -0.15) is 0 Å². The van der Waals surface area contributed by atoms with Crippen molar-refractivity contribution in [2.75, 3.05) is 36.8 Å². The van der Waals surface area contributed by atoms with Crippen molar-refractivity contribution in [1.82, 2.24) is 4.90 Å². The lowest BCUT2D eigenvalue weighted by atomic mass is 9.95. The van der Waals surface area contributed by atoms with Crippen LogP contribution in [-0.4, -0.2) is 37.0 Å². The molecular formula is C23H30N4O. The lowest BCUT2D eigenvalue weighted by Crippen LogP contribution is -2.38. The van der Waals surface area contributed by atoms with Crippen molar-refractivity contribution in [2.24, 2.45) is 17.6 Å². The van der Waals surface area contributed by atoms with Gasteiger partial charge in [0.15, 0.2) is 0 Å². The summed E-state index contributed by atoms with van der Waals surface area (Å²) in [5.41, 5.74) is 15.1. The van der Waals surface area contributed by atoms with Gasteiger partial charge in [-0.15, -0.1) is 0 Å². The van der Waals surface area contributed by atoms with Crippen LogP contribution in [0.5, 0.6) is 0 Å². The van der Waals surface area contributed by atoms with Gasteiger partial charge in [0, 0.05) is 24.3 Å². The van der Waals surface area contributed by atoms with Crippen molar-refractivity contribution in [2.45, 2.75) is 25.7 Å².